The molecule has 2 N–H and O–H groups in total. The van der Waals surface area contributed by atoms with Gasteiger partial charge in [0.2, 0.25) is 5.95 Å². The average Bonchev–Trinajstić information content (AvgIpc) is 2.55. The van der Waals surface area contributed by atoms with Crippen molar-refractivity contribution < 1.29 is 4.39 Å². The molecule has 1 fully saturated rings. The standard InChI is InChI=1S/C16H17FN6/c1-22-6-8-23(9-7-22)16-20-14(13(10-18)15(19)21-16)11-2-4-12(17)5-3-11/h2-5H,6-9H2,1H3,(H2,19,20,21). The minimum absolute atomic E-state index is 0.149. The van der Waals surface area contributed by atoms with Gasteiger partial charge in [-0.1, -0.05) is 0 Å². The predicted molar refractivity (Wildman–Crippen MR) is 86.3 cm³/mol. The Kier molecular flexibility index (Phi) is 4.08. The van der Waals surface area contributed by atoms with E-state index in [4.69, 9.17) is 5.73 Å². The second-order valence-corrected chi connectivity index (χ2v) is 5.54. The molecule has 2 aromatic rings. The average molecular weight is 312 g/mol. The molecule has 0 unspecified atom stereocenters. The normalized spacial score (nSPS) is 15.4. The number of likely N-dealkylation sites (N-methyl/N-ethyl adjacent to an activating group) is 1. The summed E-state index contributed by atoms with van der Waals surface area (Å²) in [6.07, 6.45) is 0. The molecule has 1 aromatic heterocycles. The number of hydrogen-bond acceptors (Lipinski definition) is 6. The van der Waals surface area contributed by atoms with Gasteiger partial charge in [0.25, 0.3) is 0 Å². The lowest BCUT2D eigenvalue weighted by Crippen LogP contribution is -2.45. The lowest BCUT2D eigenvalue weighted by molar-refractivity contribution is 0.311. The van der Waals surface area contributed by atoms with Crippen LogP contribution in [-0.2, 0) is 0 Å². The van der Waals surface area contributed by atoms with E-state index in [-0.39, 0.29) is 17.2 Å². The van der Waals surface area contributed by atoms with E-state index in [1.807, 2.05) is 11.0 Å². The fourth-order valence-corrected chi connectivity index (χ4v) is 2.54. The topological polar surface area (TPSA) is 82.1 Å². The van der Waals surface area contributed by atoms with E-state index in [2.05, 4.69) is 21.9 Å². The first kappa shape index (κ1) is 15.2. The van der Waals surface area contributed by atoms with Gasteiger partial charge in [-0.05, 0) is 31.3 Å². The molecule has 118 valence electrons. The third-order valence-corrected chi connectivity index (χ3v) is 3.94. The van der Waals surface area contributed by atoms with E-state index in [1.165, 1.54) is 12.1 Å². The summed E-state index contributed by atoms with van der Waals surface area (Å²) in [5, 5.41) is 9.35. The zero-order valence-corrected chi connectivity index (χ0v) is 12.8. The van der Waals surface area contributed by atoms with E-state index < -0.39 is 0 Å². The summed E-state index contributed by atoms with van der Waals surface area (Å²) in [6.45, 7) is 3.42. The van der Waals surface area contributed by atoms with Crippen LogP contribution in [0, 0.1) is 17.1 Å². The minimum Gasteiger partial charge on any atom is -0.382 e. The van der Waals surface area contributed by atoms with Crippen LogP contribution >= 0.6 is 0 Å². The first-order valence-corrected chi connectivity index (χ1v) is 7.35. The Bertz CT molecular complexity index is 744. The highest BCUT2D eigenvalue weighted by molar-refractivity contribution is 5.73. The van der Waals surface area contributed by atoms with Crippen molar-refractivity contribution in [2.75, 3.05) is 43.9 Å². The predicted octanol–water partition coefficient (Wildman–Crippen LogP) is 1.49. The second kappa shape index (κ2) is 6.18. The van der Waals surface area contributed by atoms with E-state index in [9.17, 15) is 9.65 Å². The van der Waals surface area contributed by atoms with E-state index >= 15 is 0 Å². The van der Waals surface area contributed by atoms with Gasteiger partial charge in [-0.25, -0.2) is 9.37 Å². The van der Waals surface area contributed by atoms with Crippen molar-refractivity contribution in [1.29, 1.82) is 5.26 Å². The van der Waals surface area contributed by atoms with Gasteiger partial charge in [0.15, 0.2) is 0 Å². The zero-order chi connectivity index (χ0) is 16.4. The maximum absolute atomic E-state index is 13.1. The summed E-state index contributed by atoms with van der Waals surface area (Å²) in [5.74, 6) is 0.318. The van der Waals surface area contributed by atoms with Crippen LogP contribution in [0.4, 0.5) is 16.2 Å². The SMILES string of the molecule is CN1CCN(c2nc(N)c(C#N)c(-c3ccc(F)cc3)n2)CC1. The molecule has 0 atom stereocenters. The number of nitriles is 1. The number of benzene rings is 1. The molecule has 1 aliphatic rings. The molecule has 6 nitrogen and oxygen atoms in total. The Labute approximate surface area is 134 Å². The number of nitrogen functional groups attached to an aromatic ring is 1. The molecule has 1 aliphatic heterocycles. The van der Waals surface area contributed by atoms with Crippen molar-refractivity contribution in [3.63, 3.8) is 0 Å². The molecule has 2 heterocycles. The van der Waals surface area contributed by atoms with E-state index in [1.54, 1.807) is 12.1 Å². The fourth-order valence-electron chi connectivity index (χ4n) is 2.54. The van der Waals surface area contributed by atoms with Crippen LogP contribution in [0.2, 0.25) is 0 Å². The monoisotopic (exact) mass is 312 g/mol. The third kappa shape index (κ3) is 3.07. The summed E-state index contributed by atoms with van der Waals surface area (Å²) >= 11 is 0. The molecule has 0 bridgehead atoms. The van der Waals surface area contributed by atoms with Crippen molar-refractivity contribution in [1.82, 2.24) is 14.9 Å². The van der Waals surface area contributed by atoms with Gasteiger partial charge in [0, 0.05) is 31.7 Å². The number of nitrogens with two attached hydrogens (primary N) is 1. The Morgan fingerprint density at radius 1 is 1.13 bits per heavy atom. The first-order chi connectivity index (χ1) is 11.1. The molecule has 0 spiro atoms. The van der Waals surface area contributed by atoms with Crippen LogP contribution in [0.3, 0.4) is 0 Å². The number of rotatable bonds is 2. The Balaban J connectivity index is 2.04. The number of halogens is 1. The zero-order valence-electron chi connectivity index (χ0n) is 12.8. The van der Waals surface area contributed by atoms with Crippen LogP contribution in [0.15, 0.2) is 24.3 Å². The summed E-state index contributed by atoms with van der Waals surface area (Å²) in [4.78, 5) is 13.1. The van der Waals surface area contributed by atoms with Crippen molar-refractivity contribution >= 4 is 11.8 Å². The lowest BCUT2D eigenvalue weighted by Gasteiger charge is -2.32. The largest absolute Gasteiger partial charge is 0.382 e. The van der Waals surface area contributed by atoms with Gasteiger partial charge >= 0.3 is 0 Å². The molecular weight excluding hydrogens is 295 g/mol. The van der Waals surface area contributed by atoms with Crippen LogP contribution in [-0.4, -0.2) is 48.1 Å². The maximum Gasteiger partial charge on any atom is 0.228 e. The van der Waals surface area contributed by atoms with Crippen LogP contribution < -0.4 is 10.6 Å². The summed E-state index contributed by atoms with van der Waals surface area (Å²) in [7, 11) is 2.06. The molecule has 0 radical (unpaired) electrons. The Morgan fingerprint density at radius 3 is 2.39 bits per heavy atom. The van der Waals surface area contributed by atoms with Gasteiger partial charge in [0.05, 0.1) is 5.69 Å². The number of aromatic nitrogens is 2. The first-order valence-electron chi connectivity index (χ1n) is 7.35. The number of hydrogen-bond donors (Lipinski definition) is 1. The molecule has 0 aliphatic carbocycles. The van der Waals surface area contributed by atoms with Crippen LogP contribution in [0.5, 0.6) is 0 Å². The Hall–Kier alpha value is -2.72. The van der Waals surface area contributed by atoms with Crippen LogP contribution in [0.1, 0.15) is 5.56 Å². The van der Waals surface area contributed by atoms with Gasteiger partial charge in [0.1, 0.15) is 23.3 Å². The molecule has 3 rings (SSSR count). The van der Waals surface area contributed by atoms with Gasteiger partial charge in [-0.3, -0.25) is 0 Å². The summed E-state index contributed by atoms with van der Waals surface area (Å²) < 4.78 is 13.1. The number of piperazine rings is 1. The molecule has 7 heteroatoms. The third-order valence-electron chi connectivity index (χ3n) is 3.94. The summed E-state index contributed by atoms with van der Waals surface area (Å²) in [6, 6.07) is 7.90. The van der Waals surface area contributed by atoms with Crippen molar-refractivity contribution in [3.05, 3.63) is 35.6 Å². The Morgan fingerprint density at radius 2 is 1.78 bits per heavy atom. The molecule has 1 saturated heterocycles. The molecule has 0 saturated carbocycles. The molecular formula is C16H17FN6. The molecule has 0 amide bonds. The highest BCUT2D eigenvalue weighted by Gasteiger charge is 2.20. The molecule has 23 heavy (non-hydrogen) atoms. The van der Waals surface area contributed by atoms with Crippen LogP contribution in [0.25, 0.3) is 11.3 Å². The lowest BCUT2D eigenvalue weighted by atomic mass is 10.1. The second-order valence-electron chi connectivity index (χ2n) is 5.54. The maximum atomic E-state index is 13.1. The highest BCUT2D eigenvalue weighted by Crippen LogP contribution is 2.27. The fraction of sp³-hybridized carbons (Fsp3) is 0.312. The van der Waals surface area contributed by atoms with Crippen molar-refractivity contribution in [2.24, 2.45) is 0 Å². The highest BCUT2D eigenvalue weighted by atomic mass is 19.1. The van der Waals surface area contributed by atoms with Gasteiger partial charge in [-0.2, -0.15) is 10.2 Å². The van der Waals surface area contributed by atoms with Gasteiger partial charge in [-0.15, -0.1) is 0 Å². The van der Waals surface area contributed by atoms with E-state index in [0.717, 1.165) is 26.2 Å². The van der Waals surface area contributed by atoms with Crippen molar-refractivity contribution in [3.8, 4) is 17.3 Å². The van der Waals surface area contributed by atoms with E-state index in [0.29, 0.717) is 17.2 Å². The quantitative estimate of drug-likeness (QED) is 0.904. The smallest absolute Gasteiger partial charge is 0.228 e. The van der Waals surface area contributed by atoms with Gasteiger partial charge < -0.3 is 15.5 Å². The number of nitrogens with zero attached hydrogens (tertiary/aromatic N) is 5. The molecule has 1 aromatic carbocycles. The van der Waals surface area contributed by atoms with Crippen molar-refractivity contribution in [2.45, 2.75) is 0 Å². The summed E-state index contributed by atoms with van der Waals surface area (Å²) in [5.41, 5.74) is 7.25. The minimum atomic E-state index is -0.339. The number of anilines is 2.